The van der Waals surface area contributed by atoms with E-state index in [4.69, 9.17) is 15.2 Å². The van der Waals surface area contributed by atoms with Crippen molar-refractivity contribution in [1.82, 2.24) is 14.5 Å². The number of anilines is 1. The van der Waals surface area contributed by atoms with Crippen molar-refractivity contribution in [2.45, 2.75) is 18.9 Å². The van der Waals surface area contributed by atoms with Crippen LogP contribution in [0.15, 0.2) is 12.1 Å². The molecule has 1 unspecified atom stereocenters. The zero-order chi connectivity index (χ0) is 12.5. The molecule has 0 aromatic carbocycles. The topological polar surface area (TPSA) is 75.2 Å². The molecule has 2 aromatic rings. The lowest BCUT2D eigenvalue weighted by Gasteiger charge is -2.24. The van der Waals surface area contributed by atoms with Gasteiger partial charge in [-0.2, -0.15) is 4.98 Å². The Morgan fingerprint density at radius 3 is 3.06 bits per heavy atom. The van der Waals surface area contributed by atoms with Crippen LogP contribution in [-0.4, -0.2) is 34.9 Å². The number of hydrogen-bond acceptors (Lipinski definition) is 5. The summed E-state index contributed by atoms with van der Waals surface area (Å²) in [6, 6.07) is 3.87. The fourth-order valence-electron chi connectivity index (χ4n) is 2.38. The number of nitrogen functional groups attached to an aromatic ring is 1. The fraction of sp³-hybridized carbons (Fsp3) is 0.500. The van der Waals surface area contributed by atoms with Gasteiger partial charge >= 0.3 is 0 Å². The second-order valence-corrected chi connectivity index (χ2v) is 4.41. The average molecular weight is 248 g/mol. The van der Waals surface area contributed by atoms with Crippen LogP contribution in [-0.2, 0) is 4.74 Å². The summed E-state index contributed by atoms with van der Waals surface area (Å²) >= 11 is 0. The summed E-state index contributed by atoms with van der Waals surface area (Å²) in [4.78, 5) is 8.76. The van der Waals surface area contributed by atoms with Crippen LogP contribution < -0.4 is 10.5 Å². The van der Waals surface area contributed by atoms with Crippen LogP contribution in [0.25, 0.3) is 11.2 Å². The molecule has 0 amide bonds. The number of hydrogen-bond donors (Lipinski definition) is 1. The molecular formula is C12H16N4O2. The van der Waals surface area contributed by atoms with Crippen LogP contribution in [0.3, 0.4) is 0 Å². The van der Waals surface area contributed by atoms with E-state index in [0.717, 1.165) is 30.6 Å². The number of imidazole rings is 1. The number of nitrogens with zero attached hydrogens (tertiary/aromatic N) is 3. The molecule has 0 radical (unpaired) electrons. The molecule has 18 heavy (non-hydrogen) atoms. The van der Waals surface area contributed by atoms with E-state index in [1.54, 1.807) is 13.2 Å². The Hall–Kier alpha value is -1.82. The van der Waals surface area contributed by atoms with E-state index in [0.29, 0.717) is 18.4 Å². The van der Waals surface area contributed by atoms with Crippen molar-refractivity contribution in [2.24, 2.45) is 0 Å². The second-order valence-electron chi connectivity index (χ2n) is 4.41. The molecule has 1 aliphatic heterocycles. The Bertz CT molecular complexity index is 560. The lowest BCUT2D eigenvalue weighted by molar-refractivity contribution is 0.0610. The number of aromatic nitrogens is 3. The molecule has 1 fully saturated rings. The van der Waals surface area contributed by atoms with E-state index in [2.05, 4.69) is 9.97 Å². The van der Waals surface area contributed by atoms with E-state index in [9.17, 15) is 0 Å². The van der Waals surface area contributed by atoms with Gasteiger partial charge in [0.2, 0.25) is 11.8 Å². The first kappa shape index (κ1) is 11.3. The highest BCUT2D eigenvalue weighted by Gasteiger charge is 2.21. The van der Waals surface area contributed by atoms with Gasteiger partial charge in [0.15, 0.2) is 5.65 Å². The summed E-state index contributed by atoms with van der Waals surface area (Å²) in [7, 11) is 1.60. The van der Waals surface area contributed by atoms with Gasteiger partial charge in [0.05, 0.1) is 19.8 Å². The lowest BCUT2D eigenvalue weighted by atomic mass is 10.1. The Kier molecular flexibility index (Phi) is 2.79. The molecule has 2 N–H and O–H groups in total. The van der Waals surface area contributed by atoms with Crippen LogP contribution in [0.4, 0.5) is 5.95 Å². The molecular weight excluding hydrogens is 232 g/mol. The minimum absolute atomic E-state index is 0.211. The molecule has 2 aromatic heterocycles. The Morgan fingerprint density at radius 1 is 1.44 bits per heavy atom. The molecule has 3 rings (SSSR count). The number of ether oxygens (including phenoxy) is 2. The highest BCUT2D eigenvalue weighted by Crippen LogP contribution is 2.28. The van der Waals surface area contributed by atoms with Gasteiger partial charge in [-0.1, -0.05) is 0 Å². The minimum atomic E-state index is 0.211. The SMILES string of the molecule is COc1ccc2nc(N)n(C3CCCOC3)c2n1. The Balaban J connectivity index is 2.10. The van der Waals surface area contributed by atoms with Crippen LogP contribution in [0, 0.1) is 0 Å². The summed E-state index contributed by atoms with van der Waals surface area (Å²) in [6.07, 6.45) is 2.07. The maximum Gasteiger partial charge on any atom is 0.215 e. The van der Waals surface area contributed by atoms with Crippen LogP contribution in [0.2, 0.25) is 0 Å². The third-order valence-electron chi connectivity index (χ3n) is 3.25. The van der Waals surface area contributed by atoms with Crippen molar-refractivity contribution in [3.63, 3.8) is 0 Å². The van der Waals surface area contributed by atoms with Gasteiger partial charge in [-0.25, -0.2) is 4.98 Å². The average Bonchev–Trinajstić information content (AvgIpc) is 2.74. The first-order valence-electron chi connectivity index (χ1n) is 6.06. The monoisotopic (exact) mass is 248 g/mol. The Labute approximate surface area is 105 Å². The molecule has 0 bridgehead atoms. The largest absolute Gasteiger partial charge is 0.481 e. The number of rotatable bonds is 2. The van der Waals surface area contributed by atoms with Gasteiger partial charge in [0.25, 0.3) is 0 Å². The summed E-state index contributed by atoms with van der Waals surface area (Å²) in [5.74, 6) is 1.06. The molecule has 1 aliphatic rings. The van der Waals surface area contributed by atoms with E-state index in [-0.39, 0.29) is 6.04 Å². The van der Waals surface area contributed by atoms with Gasteiger partial charge < -0.3 is 15.2 Å². The molecule has 1 saturated heterocycles. The third-order valence-corrected chi connectivity index (χ3v) is 3.25. The van der Waals surface area contributed by atoms with E-state index in [1.165, 1.54) is 0 Å². The second kappa shape index (κ2) is 4.45. The molecule has 96 valence electrons. The van der Waals surface area contributed by atoms with Crippen molar-refractivity contribution in [3.05, 3.63) is 12.1 Å². The normalized spacial score (nSPS) is 20.2. The van der Waals surface area contributed by atoms with E-state index < -0.39 is 0 Å². The summed E-state index contributed by atoms with van der Waals surface area (Å²) < 4.78 is 12.6. The minimum Gasteiger partial charge on any atom is -0.481 e. The quantitative estimate of drug-likeness (QED) is 0.868. The molecule has 6 heteroatoms. The van der Waals surface area contributed by atoms with Gasteiger partial charge in [-0.15, -0.1) is 0 Å². The van der Waals surface area contributed by atoms with Crippen molar-refractivity contribution in [2.75, 3.05) is 26.1 Å². The summed E-state index contributed by atoms with van der Waals surface area (Å²) in [6.45, 7) is 1.48. The molecule has 0 spiro atoms. The Morgan fingerprint density at radius 2 is 2.33 bits per heavy atom. The van der Waals surface area contributed by atoms with Crippen molar-refractivity contribution >= 4 is 17.1 Å². The van der Waals surface area contributed by atoms with Gasteiger partial charge in [0.1, 0.15) is 5.52 Å². The lowest BCUT2D eigenvalue weighted by Crippen LogP contribution is -2.22. The fourth-order valence-corrected chi connectivity index (χ4v) is 2.38. The standard InChI is InChI=1S/C12H16N4O2/c1-17-10-5-4-9-11(15-10)16(12(13)14-9)8-3-2-6-18-7-8/h4-5,8H,2-3,6-7H2,1H3,(H2,13,14). The van der Waals surface area contributed by atoms with E-state index in [1.807, 2.05) is 10.6 Å². The smallest absolute Gasteiger partial charge is 0.215 e. The highest BCUT2D eigenvalue weighted by atomic mass is 16.5. The van der Waals surface area contributed by atoms with Crippen molar-refractivity contribution in [3.8, 4) is 5.88 Å². The summed E-state index contributed by atoms with van der Waals surface area (Å²) in [5.41, 5.74) is 7.55. The van der Waals surface area contributed by atoms with E-state index >= 15 is 0 Å². The van der Waals surface area contributed by atoms with Crippen LogP contribution >= 0.6 is 0 Å². The number of methoxy groups -OCH3 is 1. The van der Waals surface area contributed by atoms with Crippen molar-refractivity contribution in [1.29, 1.82) is 0 Å². The molecule has 1 atom stereocenters. The third kappa shape index (κ3) is 1.78. The zero-order valence-corrected chi connectivity index (χ0v) is 10.3. The molecule has 3 heterocycles. The first-order chi connectivity index (χ1) is 8.79. The van der Waals surface area contributed by atoms with Crippen molar-refractivity contribution < 1.29 is 9.47 Å². The van der Waals surface area contributed by atoms with Crippen LogP contribution in [0.5, 0.6) is 5.88 Å². The van der Waals surface area contributed by atoms with Crippen LogP contribution in [0.1, 0.15) is 18.9 Å². The highest BCUT2D eigenvalue weighted by molar-refractivity contribution is 5.75. The van der Waals surface area contributed by atoms with Gasteiger partial charge in [-0.05, 0) is 18.9 Å². The summed E-state index contributed by atoms with van der Waals surface area (Å²) in [5, 5.41) is 0. The number of nitrogens with two attached hydrogens (primary N) is 1. The number of pyridine rings is 1. The molecule has 6 nitrogen and oxygen atoms in total. The molecule has 0 aliphatic carbocycles. The maximum absolute atomic E-state index is 5.99. The first-order valence-corrected chi connectivity index (χ1v) is 6.06. The number of fused-ring (bicyclic) bond motifs is 1. The van der Waals surface area contributed by atoms with Gasteiger partial charge in [0, 0.05) is 12.7 Å². The maximum atomic E-state index is 5.99. The van der Waals surface area contributed by atoms with Gasteiger partial charge in [-0.3, -0.25) is 4.57 Å². The molecule has 0 saturated carbocycles. The predicted molar refractivity (Wildman–Crippen MR) is 67.6 cm³/mol. The predicted octanol–water partition coefficient (Wildman–Crippen LogP) is 1.37. The zero-order valence-electron chi connectivity index (χ0n) is 10.3.